The van der Waals surface area contributed by atoms with Crippen molar-refractivity contribution in [2.45, 2.75) is 80.6 Å². The van der Waals surface area contributed by atoms with E-state index in [0.29, 0.717) is 0 Å². The maximum Gasteiger partial charge on any atom is 0.633 e. The highest BCUT2D eigenvalue weighted by atomic mass is 16.6. The van der Waals surface area contributed by atoms with Crippen LogP contribution in [0.15, 0.2) is 36.4 Å². The quantitative estimate of drug-likeness (QED) is 0.365. The fraction of sp³-hybridized carbons (Fsp3) is 0.419. The minimum atomic E-state index is -1.80. The van der Waals surface area contributed by atoms with E-state index in [0.717, 1.165) is 6.42 Å². The SMILES string of the molecule is Cc1cc(C)c(CC(c2c(C)cc(C)cc2C)C(COB(O)O)c2c(C)cc(C)cc2C)c(C)c1. The van der Waals surface area contributed by atoms with E-state index in [4.69, 9.17) is 4.65 Å². The zero-order chi connectivity index (χ0) is 26.0. The lowest BCUT2D eigenvalue weighted by atomic mass is 9.72. The van der Waals surface area contributed by atoms with Crippen molar-refractivity contribution in [2.75, 3.05) is 6.61 Å². The van der Waals surface area contributed by atoms with E-state index in [2.05, 4.69) is 98.7 Å². The highest BCUT2D eigenvalue weighted by Crippen LogP contribution is 2.43. The Morgan fingerprint density at radius 1 is 0.571 bits per heavy atom. The molecule has 3 nitrogen and oxygen atoms in total. The standard InChI is InChI=1S/C31H41BO3/c1-18-10-21(4)27(22(5)11-18)16-28(30-23(6)12-19(2)13-24(30)7)29(17-35-32(33)34)31-25(8)14-20(3)15-26(31)9/h10-15,28-29,33-34H,16-17H2,1-9H3. The van der Waals surface area contributed by atoms with Crippen molar-refractivity contribution in [3.05, 3.63) is 103 Å². The summed E-state index contributed by atoms with van der Waals surface area (Å²) < 4.78 is 5.53. The lowest BCUT2D eigenvalue weighted by Crippen LogP contribution is -2.27. The monoisotopic (exact) mass is 472 g/mol. The summed E-state index contributed by atoms with van der Waals surface area (Å²) in [6.07, 6.45) is 0.852. The molecule has 0 saturated heterocycles. The molecule has 3 aromatic carbocycles. The Balaban J connectivity index is 2.29. The molecule has 186 valence electrons. The van der Waals surface area contributed by atoms with Crippen molar-refractivity contribution in [2.24, 2.45) is 0 Å². The Morgan fingerprint density at radius 3 is 1.29 bits per heavy atom. The average molecular weight is 472 g/mol. The third-order valence-electron chi connectivity index (χ3n) is 7.39. The minimum Gasteiger partial charge on any atom is -0.402 e. The maximum atomic E-state index is 9.67. The number of aryl methyl sites for hydroxylation is 9. The van der Waals surface area contributed by atoms with Crippen molar-refractivity contribution in [1.82, 2.24) is 0 Å². The summed E-state index contributed by atoms with van der Waals surface area (Å²) in [4.78, 5) is 0. The van der Waals surface area contributed by atoms with Crippen molar-refractivity contribution in [3.8, 4) is 0 Å². The van der Waals surface area contributed by atoms with E-state index in [1.807, 2.05) is 0 Å². The van der Waals surface area contributed by atoms with E-state index in [1.54, 1.807) is 0 Å². The molecule has 2 N–H and O–H groups in total. The van der Waals surface area contributed by atoms with E-state index >= 15 is 0 Å². The Hall–Kier alpha value is -2.40. The summed E-state index contributed by atoms with van der Waals surface area (Å²) in [6.45, 7) is 19.8. The van der Waals surface area contributed by atoms with Crippen molar-refractivity contribution in [1.29, 1.82) is 0 Å². The number of rotatable bonds is 8. The second-order valence-electron chi connectivity index (χ2n) is 10.6. The zero-order valence-corrected chi connectivity index (χ0v) is 22.9. The molecule has 3 rings (SSSR count). The van der Waals surface area contributed by atoms with Crippen molar-refractivity contribution in [3.63, 3.8) is 0 Å². The predicted octanol–water partition coefficient (Wildman–Crippen LogP) is 6.56. The van der Waals surface area contributed by atoms with Crippen LogP contribution in [0.1, 0.15) is 78.6 Å². The summed E-state index contributed by atoms with van der Waals surface area (Å²) >= 11 is 0. The van der Waals surface area contributed by atoms with Crippen LogP contribution in [0.25, 0.3) is 0 Å². The number of hydrogen-bond acceptors (Lipinski definition) is 3. The molecule has 0 saturated carbocycles. The first kappa shape index (κ1) is 27.2. The van der Waals surface area contributed by atoms with Gasteiger partial charge in [-0.2, -0.15) is 0 Å². The van der Waals surface area contributed by atoms with Crippen LogP contribution >= 0.6 is 0 Å². The van der Waals surface area contributed by atoms with Crippen LogP contribution in [0.4, 0.5) is 0 Å². The molecular weight excluding hydrogens is 431 g/mol. The number of benzene rings is 3. The van der Waals surface area contributed by atoms with E-state index < -0.39 is 7.32 Å². The Morgan fingerprint density at radius 2 is 0.914 bits per heavy atom. The first-order valence-electron chi connectivity index (χ1n) is 12.6. The van der Waals surface area contributed by atoms with Gasteiger partial charge >= 0.3 is 7.32 Å². The second kappa shape index (κ2) is 11.1. The van der Waals surface area contributed by atoms with Gasteiger partial charge in [0, 0.05) is 12.5 Å². The zero-order valence-electron chi connectivity index (χ0n) is 22.9. The van der Waals surface area contributed by atoms with Crippen LogP contribution in [-0.2, 0) is 11.1 Å². The third-order valence-corrected chi connectivity index (χ3v) is 7.39. The average Bonchev–Trinajstić information content (AvgIpc) is 2.70. The molecule has 0 radical (unpaired) electrons. The van der Waals surface area contributed by atoms with Gasteiger partial charge in [0.05, 0.1) is 0 Å². The van der Waals surface area contributed by atoms with Gasteiger partial charge in [-0.15, -0.1) is 0 Å². The minimum absolute atomic E-state index is 0.0439. The van der Waals surface area contributed by atoms with Crippen LogP contribution in [0.5, 0.6) is 0 Å². The highest BCUT2D eigenvalue weighted by Gasteiger charge is 2.32. The molecule has 0 aliphatic rings. The molecule has 0 heterocycles. The molecule has 0 fully saturated rings. The third kappa shape index (κ3) is 6.24. The Labute approximate surface area is 212 Å². The summed E-state index contributed by atoms with van der Waals surface area (Å²) in [6, 6.07) is 13.5. The fourth-order valence-corrected chi connectivity index (χ4v) is 6.34. The largest absolute Gasteiger partial charge is 0.633 e. The van der Waals surface area contributed by atoms with E-state index in [1.165, 1.54) is 66.8 Å². The summed E-state index contributed by atoms with van der Waals surface area (Å²) in [5.41, 5.74) is 15.3. The Bertz CT molecular complexity index is 1140. The van der Waals surface area contributed by atoms with Gasteiger partial charge < -0.3 is 14.7 Å². The van der Waals surface area contributed by atoms with Gasteiger partial charge in [-0.3, -0.25) is 0 Å². The Kier molecular flexibility index (Phi) is 8.64. The second-order valence-corrected chi connectivity index (χ2v) is 10.6. The molecular formula is C31H41BO3. The smallest absolute Gasteiger partial charge is 0.402 e. The van der Waals surface area contributed by atoms with Crippen LogP contribution in [0.3, 0.4) is 0 Å². The molecule has 2 unspecified atom stereocenters. The van der Waals surface area contributed by atoms with Crippen LogP contribution in [0.2, 0.25) is 0 Å². The van der Waals surface area contributed by atoms with Crippen LogP contribution in [0, 0.1) is 62.3 Å². The van der Waals surface area contributed by atoms with Gasteiger partial charge in [-0.05, 0) is 125 Å². The molecule has 2 atom stereocenters. The predicted molar refractivity (Wildman–Crippen MR) is 147 cm³/mol. The lowest BCUT2D eigenvalue weighted by molar-refractivity contribution is 0.166. The first-order valence-corrected chi connectivity index (χ1v) is 12.6. The van der Waals surface area contributed by atoms with Gasteiger partial charge in [0.15, 0.2) is 0 Å². The molecule has 0 aliphatic heterocycles. The molecule has 0 amide bonds. The summed E-state index contributed by atoms with van der Waals surface area (Å²) in [5, 5.41) is 19.3. The van der Waals surface area contributed by atoms with Gasteiger partial charge in [0.25, 0.3) is 0 Å². The molecule has 0 spiro atoms. The normalized spacial score (nSPS) is 13.1. The first-order chi connectivity index (χ1) is 16.4. The van der Waals surface area contributed by atoms with Crippen LogP contribution < -0.4 is 0 Å². The molecule has 0 aromatic heterocycles. The topological polar surface area (TPSA) is 49.7 Å². The van der Waals surface area contributed by atoms with Gasteiger partial charge in [0.1, 0.15) is 0 Å². The van der Waals surface area contributed by atoms with Crippen molar-refractivity contribution >= 4 is 7.32 Å². The van der Waals surface area contributed by atoms with Gasteiger partial charge in [0.2, 0.25) is 0 Å². The van der Waals surface area contributed by atoms with Crippen LogP contribution in [-0.4, -0.2) is 24.0 Å². The number of hydrogen-bond donors (Lipinski definition) is 2. The summed E-state index contributed by atoms with van der Waals surface area (Å²) in [7, 11) is -1.80. The highest BCUT2D eigenvalue weighted by molar-refractivity contribution is 6.32. The van der Waals surface area contributed by atoms with Crippen molar-refractivity contribution < 1.29 is 14.7 Å². The fourth-order valence-electron chi connectivity index (χ4n) is 6.34. The lowest BCUT2D eigenvalue weighted by Gasteiger charge is -2.34. The van der Waals surface area contributed by atoms with Gasteiger partial charge in [-0.1, -0.05) is 53.1 Å². The van der Waals surface area contributed by atoms with E-state index in [-0.39, 0.29) is 18.4 Å². The molecule has 35 heavy (non-hydrogen) atoms. The van der Waals surface area contributed by atoms with Gasteiger partial charge in [-0.25, -0.2) is 0 Å². The van der Waals surface area contributed by atoms with E-state index in [9.17, 15) is 10.0 Å². The molecule has 3 aromatic rings. The summed E-state index contributed by atoms with van der Waals surface area (Å²) in [5.74, 6) is 0.0622. The molecule has 4 heteroatoms. The molecule has 0 bridgehead atoms. The molecule has 0 aliphatic carbocycles. The maximum absolute atomic E-state index is 9.67.